The average Bonchev–Trinajstić information content (AvgIpc) is 2.47. The number of phenols is 1. The van der Waals surface area contributed by atoms with Crippen LogP contribution in [0.3, 0.4) is 0 Å². The Kier molecular flexibility index (Phi) is 4.65. The fraction of sp³-hybridized carbons (Fsp3) is 0.294. The van der Waals surface area contributed by atoms with E-state index in [2.05, 4.69) is 5.32 Å². The van der Waals surface area contributed by atoms with E-state index in [1.807, 2.05) is 26.0 Å². The summed E-state index contributed by atoms with van der Waals surface area (Å²) in [6.45, 7) is 5.14. The van der Waals surface area contributed by atoms with E-state index < -0.39 is 12.1 Å². The van der Waals surface area contributed by atoms with Crippen LogP contribution in [0.4, 0.5) is 0 Å². The van der Waals surface area contributed by atoms with E-state index in [-0.39, 0.29) is 23.3 Å². The van der Waals surface area contributed by atoms with Gasteiger partial charge in [-0.2, -0.15) is 0 Å². The molecule has 2 N–H and O–H groups in total. The summed E-state index contributed by atoms with van der Waals surface area (Å²) in [4.78, 5) is 23.9. The van der Waals surface area contributed by atoms with Crippen molar-refractivity contribution >= 4 is 22.6 Å². The number of hydrogen-bond acceptors (Lipinski definition) is 4. The van der Waals surface area contributed by atoms with Crippen molar-refractivity contribution in [1.82, 2.24) is 5.32 Å². The SMILES string of the molecule is CC(C)NC(=O)[C@H](C)OC(=O)c1ccc2ccccc2c1O. The summed E-state index contributed by atoms with van der Waals surface area (Å²) in [6, 6.07) is 10.4. The standard InChI is InChI=1S/C17H19NO4/c1-10(2)18-16(20)11(3)22-17(21)14-9-8-12-6-4-5-7-13(12)15(14)19/h4-11,19H,1-3H3,(H,18,20)/t11-/m0/s1. The molecule has 0 heterocycles. The number of nitrogens with one attached hydrogen (secondary N) is 1. The number of benzene rings is 2. The van der Waals surface area contributed by atoms with Gasteiger partial charge < -0.3 is 15.2 Å². The van der Waals surface area contributed by atoms with Crippen LogP contribution in [-0.4, -0.2) is 29.1 Å². The van der Waals surface area contributed by atoms with Gasteiger partial charge in [-0.15, -0.1) is 0 Å². The predicted molar refractivity (Wildman–Crippen MR) is 83.8 cm³/mol. The molecule has 0 spiro atoms. The molecule has 0 unspecified atom stereocenters. The zero-order valence-electron chi connectivity index (χ0n) is 12.8. The number of carbonyl (C=O) groups is 2. The van der Waals surface area contributed by atoms with E-state index in [1.54, 1.807) is 18.2 Å². The highest BCUT2D eigenvalue weighted by Gasteiger charge is 2.22. The van der Waals surface area contributed by atoms with Gasteiger partial charge in [0.15, 0.2) is 6.10 Å². The molecule has 116 valence electrons. The molecular weight excluding hydrogens is 282 g/mol. The third kappa shape index (κ3) is 3.36. The number of fused-ring (bicyclic) bond motifs is 1. The van der Waals surface area contributed by atoms with E-state index >= 15 is 0 Å². The molecule has 22 heavy (non-hydrogen) atoms. The smallest absolute Gasteiger partial charge is 0.342 e. The Bertz CT molecular complexity index is 709. The number of phenolic OH excluding ortho intramolecular Hbond substituents is 1. The van der Waals surface area contributed by atoms with Crippen LogP contribution < -0.4 is 5.32 Å². The quantitative estimate of drug-likeness (QED) is 0.851. The molecule has 2 aromatic rings. The first-order valence-electron chi connectivity index (χ1n) is 7.12. The molecule has 2 aromatic carbocycles. The monoisotopic (exact) mass is 301 g/mol. The zero-order chi connectivity index (χ0) is 16.3. The van der Waals surface area contributed by atoms with Gasteiger partial charge in [0.2, 0.25) is 0 Å². The number of esters is 1. The molecule has 0 aliphatic heterocycles. The van der Waals surface area contributed by atoms with Gasteiger partial charge in [0.05, 0.1) is 0 Å². The van der Waals surface area contributed by atoms with Crippen molar-refractivity contribution in [1.29, 1.82) is 0 Å². The first-order valence-corrected chi connectivity index (χ1v) is 7.12. The van der Waals surface area contributed by atoms with Gasteiger partial charge in [0.25, 0.3) is 5.91 Å². The van der Waals surface area contributed by atoms with Gasteiger partial charge in [-0.1, -0.05) is 30.3 Å². The van der Waals surface area contributed by atoms with Crippen molar-refractivity contribution in [2.45, 2.75) is 32.9 Å². The fourth-order valence-corrected chi connectivity index (χ4v) is 2.10. The minimum Gasteiger partial charge on any atom is -0.506 e. The lowest BCUT2D eigenvalue weighted by Gasteiger charge is -2.16. The maximum Gasteiger partial charge on any atom is 0.342 e. The summed E-state index contributed by atoms with van der Waals surface area (Å²) < 4.78 is 5.12. The van der Waals surface area contributed by atoms with Crippen LogP contribution in [0.2, 0.25) is 0 Å². The van der Waals surface area contributed by atoms with Crippen molar-refractivity contribution in [2.24, 2.45) is 0 Å². The van der Waals surface area contributed by atoms with Crippen molar-refractivity contribution in [2.75, 3.05) is 0 Å². The van der Waals surface area contributed by atoms with Gasteiger partial charge in [-0.25, -0.2) is 4.79 Å². The van der Waals surface area contributed by atoms with Crippen molar-refractivity contribution in [3.8, 4) is 5.75 Å². The van der Waals surface area contributed by atoms with Gasteiger partial charge in [0, 0.05) is 11.4 Å². The summed E-state index contributed by atoms with van der Waals surface area (Å²) in [5.74, 6) is -1.24. The molecule has 2 rings (SSSR count). The molecular formula is C17H19NO4. The van der Waals surface area contributed by atoms with E-state index in [0.717, 1.165) is 5.39 Å². The molecule has 0 radical (unpaired) electrons. The van der Waals surface area contributed by atoms with Crippen LogP contribution >= 0.6 is 0 Å². The lowest BCUT2D eigenvalue weighted by atomic mass is 10.1. The van der Waals surface area contributed by atoms with Gasteiger partial charge in [-0.05, 0) is 32.2 Å². The number of aromatic hydroxyl groups is 1. The van der Waals surface area contributed by atoms with E-state index in [1.165, 1.54) is 13.0 Å². The third-order valence-electron chi connectivity index (χ3n) is 3.20. The van der Waals surface area contributed by atoms with E-state index in [9.17, 15) is 14.7 Å². The highest BCUT2D eigenvalue weighted by molar-refractivity contribution is 6.01. The lowest BCUT2D eigenvalue weighted by Crippen LogP contribution is -2.39. The van der Waals surface area contributed by atoms with Crippen molar-refractivity contribution < 1.29 is 19.4 Å². The number of carbonyl (C=O) groups excluding carboxylic acids is 2. The summed E-state index contributed by atoms with van der Waals surface area (Å²) in [5.41, 5.74) is 0.0443. The van der Waals surface area contributed by atoms with Crippen molar-refractivity contribution in [3.05, 3.63) is 42.0 Å². The highest BCUT2D eigenvalue weighted by atomic mass is 16.5. The Morgan fingerprint density at radius 3 is 2.45 bits per heavy atom. The first kappa shape index (κ1) is 15.8. The molecule has 1 atom stereocenters. The Balaban J connectivity index is 2.20. The minimum atomic E-state index is -0.930. The molecule has 0 aliphatic rings. The molecule has 0 bridgehead atoms. The average molecular weight is 301 g/mol. The highest BCUT2D eigenvalue weighted by Crippen LogP contribution is 2.29. The molecule has 5 heteroatoms. The van der Waals surface area contributed by atoms with Gasteiger partial charge >= 0.3 is 5.97 Å². The van der Waals surface area contributed by atoms with Crippen LogP contribution in [0.1, 0.15) is 31.1 Å². The largest absolute Gasteiger partial charge is 0.506 e. The van der Waals surface area contributed by atoms with Crippen LogP contribution in [0.15, 0.2) is 36.4 Å². The third-order valence-corrected chi connectivity index (χ3v) is 3.20. The van der Waals surface area contributed by atoms with Gasteiger partial charge in [0.1, 0.15) is 11.3 Å². The number of ether oxygens (including phenoxy) is 1. The zero-order valence-corrected chi connectivity index (χ0v) is 12.8. The summed E-state index contributed by atoms with van der Waals surface area (Å²) in [7, 11) is 0. The fourth-order valence-electron chi connectivity index (χ4n) is 2.10. The van der Waals surface area contributed by atoms with Crippen LogP contribution in [-0.2, 0) is 9.53 Å². The molecule has 0 saturated heterocycles. The minimum absolute atomic E-state index is 0.0391. The normalized spacial score (nSPS) is 12.2. The molecule has 0 fully saturated rings. The summed E-state index contributed by atoms with van der Waals surface area (Å²) in [5, 5.41) is 14.3. The maximum atomic E-state index is 12.1. The Labute approximate surface area is 128 Å². The molecule has 0 saturated carbocycles. The number of hydrogen-bond donors (Lipinski definition) is 2. The predicted octanol–water partition coefficient (Wildman–Crippen LogP) is 2.62. The number of rotatable bonds is 4. The molecule has 1 amide bonds. The molecule has 0 aliphatic carbocycles. The molecule has 0 aromatic heterocycles. The number of amides is 1. The van der Waals surface area contributed by atoms with E-state index in [0.29, 0.717) is 5.39 Å². The van der Waals surface area contributed by atoms with Crippen molar-refractivity contribution in [3.63, 3.8) is 0 Å². The summed E-state index contributed by atoms with van der Waals surface area (Å²) >= 11 is 0. The Morgan fingerprint density at radius 1 is 1.09 bits per heavy atom. The maximum absolute atomic E-state index is 12.1. The van der Waals surface area contributed by atoms with Gasteiger partial charge in [-0.3, -0.25) is 4.79 Å². The van der Waals surface area contributed by atoms with Crippen LogP contribution in [0.25, 0.3) is 10.8 Å². The Morgan fingerprint density at radius 2 is 1.77 bits per heavy atom. The lowest BCUT2D eigenvalue weighted by molar-refractivity contribution is -0.129. The van der Waals surface area contributed by atoms with Crippen LogP contribution in [0.5, 0.6) is 5.75 Å². The second kappa shape index (κ2) is 6.47. The second-order valence-corrected chi connectivity index (χ2v) is 5.39. The second-order valence-electron chi connectivity index (χ2n) is 5.39. The Hall–Kier alpha value is -2.56. The molecule has 5 nitrogen and oxygen atoms in total. The van der Waals surface area contributed by atoms with E-state index in [4.69, 9.17) is 4.74 Å². The summed E-state index contributed by atoms with van der Waals surface area (Å²) in [6.07, 6.45) is -0.930. The first-order chi connectivity index (χ1) is 10.4. The topological polar surface area (TPSA) is 75.6 Å². The van der Waals surface area contributed by atoms with Crippen LogP contribution in [0, 0.1) is 0 Å².